The van der Waals surface area contributed by atoms with Crippen molar-refractivity contribution in [2.24, 2.45) is 16.2 Å². The minimum absolute atomic E-state index is 0.163. The van der Waals surface area contributed by atoms with Crippen LogP contribution in [-0.4, -0.2) is 63.1 Å². The normalized spacial score (nSPS) is 12.1. The minimum atomic E-state index is -0.726. The first-order valence-corrected chi connectivity index (χ1v) is 29.4. The molecule has 0 fully saturated rings. The van der Waals surface area contributed by atoms with E-state index in [0.29, 0.717) is 129 Å². The first-order valence-electron chi connectivity index (χ1n) is 28.8. The number of hydrogen-bond acceptors (Lipinski definition) is 9. The van der Waals surface area contributed by atoms with E-state index in [0.717, 1.165) is 0 Å². The van der Waals surface area contributed by atoms with Gasteiger partial charge in [0.25, 0.3) is 5.91 Å². The number of thiol groups is 1. The molecule has 16 heteroatoms. The molecule has 2 aliphatic rings. The summed E-state index contributed by atoms with van der Waals surface area (Å²) in [6.07, 6.45) is 7.79. The number of para-hydroxylation sites is 4. The molecule has 0 radical (unpaired) electrons. The van der Waals surface area contributed by atoms with E-state index in [1.54, 1.807) is 19.2 Å². The SMILES string of the molecule is CC(=O)N(C)c1cccc(OCC(=O)Nc2ccccc2-c2c3nc(c(-c4ccccc4NC(=O)C(C)(C)C)c4ccc([nH]4)c(-c4ccccc4NC(=O)C(C)(C)C)c4nc(c(-c5ccccc5NC(=O)C(C)(C)C)c5ccc2[nH]5)C=C4)C=C3)c1CS. The van der Waals surface area contributed by atoms with Crippen molar-refractivity contribution in [2.75, 3.05) is 39.8 Å². The van der Waals surface area contributed by atoms with Gasteiger partial charge in [-0.1, -0.05) is 141 Å². The fourth-order valence-corrected chi connectivity index (χ4v) is 10.5. The number of amides is 5. The van der Waals surface area contributed by atoms with Crippen LogP contribution < -0.4 is 30.9 Å². The maximum Gasteiger partial charge on any atom is 0.262 e. The average molecular weight is 1180 g/mol. The van der Waals surface area contributed by atoms with E-state index >= 15 is 0 Å². The topological polar surface area (TPSA) is 203 Å². The molecule has 442 valence electrons. The molecule has 0 aliphatic carbocycles. The quantitative estimate of drug-likeness (QED) is 0.0552. The second-order valence-corrected chi connectivity index (χ2v) is 24.9. The third kappa shape index (κ3) is 12.8. The molecule has 10 rings (SSSR count). The van der Waals surface area contributed by atoms with E-state index < -0.39 is 22.2 Å². The van der Waals surface area contributed by atoms with Crippen LogP contribution >= 0.6 is 12.6 Å². The van der Waals surface area contributed by atoms with Crippen LogP contribution in [0.1, 0.15) is 97.6 Å². The van der Waals surface area contributed by atoms with Crippen LogP contribution in [0.25, 0.3) is 90.9 Å². The van der Waals surface area contributed by atoms with Crippen molar-refractivity contribution in [2.45, 2.75) is 75.0 Å². The number of benzene rings is 5. The number of nitrogens with one attached hydrogen (secondary N) is 6. The van der Waals surface area contributed by atoms with E-state index in [9.17, 15) is 24.0 Å². The summed E-state index contributed by atoms with van der Waals surface area (Å²) in [6, 6.07) is 43.6. The summed E-state index contributed by atoms with van der Waals surface area (Å²) in [5.41, 5.74) is 11.5. The van der Waals surface area contributed by atoms with Crippen LogP contribution in [0.5, 0.6) is 5.75 Å². The van der Waals surface area contributed by atoms with Gasteiger partial charge >= 0.3 is 0 Å². The molecule has 6 N–H and O–H groups in total. The first-order chi connectivity index (χ1) is 41.4. The number of carbonyl (C=O) groups is 5. The summed E-state index contributed by atoms with van der Waals surface area (Å²) in [5.74, 6) is -0.458. The number of ether oxygens (including phenoxy) is 1. The van der Waals surface area contributed by atoms with Crippen molar-refractivity contribution in [3.05, 3.63) is 168 Å². The number of anilines is 5. The number of carbonyl (C=O) groups excluding carboxylic acids is 5. The van der Waals surface area contributed by atoms with E-state index in [4.69, 9.17) is 14.7 Å². The van der Waals surface area contributed by atoms with Gasteiger partial charge in [0, 0.05) is 131 Å². The second kappa shape index (κ2) is 24.3. The lowest BCUT2D eigenvalue weighted by Gasteiger charge is -2.21. The van der Waals surface area contributed by atoms with E-state index in [-0.39, 0.29) is 36.0 Å². The van der Waals surface area contributed by atoms with E-state index in [1.165, 1.54) is 11.8 Å². The second-order valence-electron chi connectivity index (χ2n) is 24.6. The van der Waals surface area contributed by atoms with Crippen molar-refractivity contribution in [3.63, 3.8) is 0 Å². The molecule has 0 unspecified atom stereocenters. The Kier molecular flexibility index (Phi) is 16.8. The minimum Gasteiger partial charge on any atom is -0.483 e. The average Bonchev–Trinajstić information content (AvgIpc) is 1.77. The predicted molar refractivity (Wildman–Crippen MR) is 357 cm³/mol. The highest BCUT2D eigenvalue weighted by Gasteiger charge is 2.28. The van der Waals surface area contributed by atoms with Gasteiger partial charge in [0.2, 0.25) is 23.6 Å². The van der Waals surface area contributed by atoms with Crippen LogP contribution in [0.15, 0.2) is 140 Å². The maximum absolute atomic E-state index is 14.3. The molecule has 5 heterocycles. The Morgan fingerprint density at radius 1 is 0.460 bits per heavy atom. The van der Waals surface area contributed by atoms with Crippen molar-refractivity contribution >= 4 is 117 Å². The Morgan fingerprint density at radius 3 is 1.09 bits per heavy atom. The highest BCUT2D eigenvalue weighted by atomic mass is 32.1. The number of fused-ring (bicyclic) bond motifs is 8. The molecule has 87 heavy (non-hydrogen) atoms. The number of H-pyrrole nitrogens is 2. The summed E-state index contributed by atoms with van der Waals surface area (Å²) in [6.45, 7) is 17.9. The van der Waals surface area contributed by atoms with Crippen LogP contribution in [-0.2, 0) is 29.7 Å². The summed E-state index contributed by atoms with van der Waals surface area (Å²) in [4.78, 5) is 88.5. The molecular formula is C71H71N9O6S. The van der Waals surface area contributed by atoms with Crippen LogP contribution in [0.3, 0.4) is 0 Å². The lowest BCUT2D eigenvalue weighted by atomic mass is 9.94. The Hall–Kier alpha value is -9.80. The molecule has 3 aromatic heterocycles. The van der Waals surface area contributed by atoms with Crippen LogP contribution in [0, 0.1) is 16.2 Å². The van der Waals surface area contributed by atoms with Crippen molar-refractivity contribution in [1.29, 1.82) is 0 Å². The standard InChI is InChI=1S/C71H71N9O6S/c1-41(81)80(11)59-29-20-30-60(46(59)40-87)86-39-61(82)76-47-25-16-12-21-42(47)62-51-31-33-53(72-51)63(43-22-13-17-26-48(43)77-66(83)69(2,3)4)55-35-37-57(74-55)65(45-24-15-19-28-50(45)79-68(85)71(8,9)10)58-38-36-56(75-58)64(54-34-32-52(62)73-54)44-23-14-18-27-49(44)78-67(84)70(5,6)7/h12-38,72,75,87H,39-40H2,1-11H3,(H,76,82)(H,77,83)(H,78,84)(H,79,85). The van der Waals surface area contributed by atoms with Gasteiger partial charge in [0.15, 0.2) is 6.61 Å². The Balaban J connectivity index is 1.28. The fourth-order valence-electron chi connectivity index (χ4n) is 10.2. The van der Waals surface area contributed by atoms with E-state index in [1.807, 2.05) is 214 Å². The molecule has 0 spiro atoms. The molecule has 2 aliphatic heterocycles. The summed E-state index contributed by atoms with van der Waals surface area (Å²) in [7, 11) is 1.68. The zero-order valence-corrected chi connectivity index (χ0v) is 51.6. The fraction of sp³-hybridized carbons (Fsp3) is 0.225. The number of hydrogen-bond donors (Lipinski definition) is 7. The van der Waals surface area contributed by atoms with Crippen molar-refractivity contribution < 1.29 is 28.7 Å². The third-order valence-electron chi connectivity index (χ3n) is 15.1. The van der Waals surface area contributed by atoms with E-state index in [2.05, 4.69) is 43.9 Å². The molecular weight excluding hydrogens is 1110 g/mol. The summed E-state index contributed by atoms with van der Waals surface area (Å²) in [5, 5.41) is 12.8. The number of aromatic nitrogens is 4. The monoisotopic (exact) mass is 1180 g/mol. The number of aromatic amines is 2. The highest BCUT2D eigenvalue weighted by molar-refractivity contribution is 7.79. The van der Waals surface area contributed by atoms with Crippen LogP contribution in [0.2, 0.25) is 0 Å². The Labute approximate surface area is 512 Å². The zero-order valence-electron chi connectivity index (χ0n) is 50.7. The largest absolute Gasteiger partial charge is 0.483 e. The van der Waals surface area contributed by atoms with Gasteiger partial charge in [0.05, 0.1) is 28.5 Å². The third-order valence-corrected chi connectivity index (χ3v) is 15.4. The highest BCUT2D eigenvalue weighted by Crippen LogP contribution is 2.44. The molecule has 0 atom stereocenters. The summed E-state index contributed by atoms with van der Waals surface area (Å²) < 4.78 is 6.19. The van der Waals surface area contributed by atoms with Gasteiger partial charge in [0.1, 0.15) is 5.75 Å². The summed E-state index contributed by atoms with van der Waals surface area (Å²) >= 11 is 4.56. The molecule has 5 amide bonds. The lowest BCUT2D eigenvalue weighted by molar-refractivity contribution is -0.123. The van der Waals surface area contributed by atoms with Gasteiger partial charge < -0.3 is 40.9 Å². The molecule has 15 nitrogen and oxygen atoms in total. The molecule has 0 saturated heterocycles. The Bertz CT molecular complexity index is 4250. The van der Waals surface area contributed by atoms with Gasteiger partial charge in [-0.15, -0.1) is 0 Å². The number of rotatable bonds is 13. The first kappa shape index (κ1) is 60.3. The van der Waals surface area contributed by atoms with Crippen molar-refractivity contribution in [1.82, 2.24) is 19.9 Å². The molecule has 8 aromatic rings. The molecule has 5 aromatic carbocycles. The zero-order chi connectivity index (χ0) is 62.1. The van der Waals surface area contributed by atoms with Gasteiger partial charge in [-0.2, -0.15) is 12.6 Å². The molecule has 0 saturated carbocycles. The Morgan fingerprint density at radius 2 is 0.782 bits per heavy atom. The number of nitrogens with zero attached hydrogens (tertiary/aromatic N) is 3. The van der Waals surface area contributed by atoms with Gasteiger partial charge in [-0.25, -0.2) is 9.97 Å². The molecule has 8 bridgehead atoms. The van der Waals surface area contributed by atoms with Gasteiger partial charge in [-0.05, 0) is 85.0 Å². The van der Waals surface area contributed by atoms with Gasteiger partial charge in [-0.3, -0.25) is 24.0 Å². The lowest BCUT2D eigenvalue weighted by Crippen LogP contribution is -2.27. The van der Waals surface area contributed by atoms with Crippen molar-refractivity contribution in [3.8, 4) is 50.3 Å². The predicted octanol–water partition coefficient (Wildman–Crippen LogP) is 15.7. The maximum atomic E-state index is 14.3. The smallest absolute Gasteiger partial charge is 0.262 e. The van der Waals surface area contributed by atoms with Crippen LogP contribution in [0.4, 0.5) is 28.4 Å².